The molecular weight excluding hydrogens is 446 g/mol. The zero-order valence-electron chi connectivity index (χ0n) is 18.0. The van der Waals surface area contributed by atoms with E-state index in [9.17, 15) is 22.8 Å². The van der Waals surface area contributed by atoms with Gasteiger partial charge in [0.15, 0.2) is 0 Å². The van der Waals surface area contributed by atoms with Crippen LogP contribution < -0.4 is 10.2 Å². The van der Waals surface area contributed by atoms with Gasteiger partial charge in [-0.25, -0.2) is 17.5 Å². The molecule has 172 valence electrons. The van der Waals surface area contributed by atoms with Crippen LogP contribution in [-0.2, 0) is 14.8 Å². The van der Waals surface area contributed by atoms with E-state index in [1.807, 2.05) is 0 Å². The first kappa shape index (κ1) is 21.4. The fourth-order valence-corrected chi connectivity index (χ4v) is 6.21. The fraction of sp³-hybridized carbons (Fsp3) is 0.348. The molecule has 1 saturated carbocycles. The van der Waals surface area contributed by atoms with Crippen LogP contribution in [0, 0.1) is 0 Å². The van der Waals surface area contributed by atoms with Crippen molar-refractivity contribution in [2.75, 3.05) is 30.4 Å². The summed E-state index contributed by atoms with van der Waals surface area (Å²) in [5.41, 5.74) is 1.70. The normalized spacial score (nSPS) is 18.9. The van der Waals surface area contributed by atoms with Crippen LogP contribution >= 0.6 is 0 Å². The van der Waals surface area contributed by atoms with E-state index in [1.54, 1.807) is 18.2 Å². The van der Waals surface area contributed by atoms with E-state index in [2.05, 4.69) is 10.2 Å². The Morgan fingerprint density at radius 3 is 2.39 bits per heavy atom. The van der Waals surface area contributed by atoms with E-state index in [-0.39, 0.29) is 27.6 Å². The maximum Gasteiger partial charge on any atom is 0.337 e. The number of ether oxygens (including phenoxy) is 1. The highest BCUT2D eigenvalue weighted by Gasteiger charge is 2.48. The molecule has 0 radical (unpaired) electrons. The number of carbonyl (C=O) groups is 3. The van der Waals surface area contributed by atoms with Gasteiger partial charge >= 0.3 is 5.97 Å². The molecule has 2 amide bonds. The predicted molar refractivity (Wildman–Crippen MR) is 120 cm³/mol. The van der Waals surface area contributed by atoms with Crippen LogP contribution in [0.5, 0.6) is 0 Å². The third kappa shape index (κ3) is 3.64. The first-order valence-corrected chi connectivity index (χ1v) is 12.3. The van der Waals surface area contributed by atoms with Gasteiger partial charge < -0.3 is 15.0 Å². The van der Waals surface area contributed by atoms with Crippen molar-refractivity contribution in [2.24, 2.45) is 0 Å². The van der Waals surface area contributed by atoms with Crippen LogP contribution in [-0.4, -0.2) is 56.7 Å². The van der Waals surface area contributed by atoms with Crippen molar-refractivity contribution >= 4 is 39.2 Å². The second-order valence-corrected chi connectivity index (χ2v) is 10.2. The van der Waals surface area contributed by atoms with Gasteiger partial charge in [0.2, 0.25) is 0 Å². The number of carbonyl (C=O) groups excluding carboxylic acids is 3. The summed E-state index contributed by atoms with van der Waals surface area (Å²) in [6.07, 6.45) is 3.37. The van der Waals surface area contributed by atoms with Crippen molar-refractivity contribution in [3.8, 4) is 0 Å². The van der Waals surface area contributed by atoms with E-state index in [1.165, 1.54) is 25.3 Å². The van der Waals surface area contributed by atoms with Gasteiger partial charge in [0.1, 0.15) is 4.90 Å². The third-order valence-electron chi connectivity index (χ3n) is 6.20. The number of sulfonamides is 1. The lowest BCUT2D eigenvalue weighted by Gasteiger charge is -2.22. The van der Waals surface area contributed by atoms with Crippen molar-refractivity contribution in [3.05, 3.63) is 53.1 Å². The summed E-state index contributed by atoms with van der Waals surface area (Å²) in [4.78, 5) is 39.7. The van der Waals surface area contributed by atoms with Gasteiger partial charge in [0.25, 0.3) is 21.8 Å². The van der Waals surface area contributed by atoms with E-state index in [0.717, 1.165) is 35.9 Å². The van der Waals surface area contributed by atoms with Gasteiger partial charge in [0.05, 0.1) is 29.6 Å². The Hall–Kier alpha value is -3.40. The number of hydrogen-bond donors (Lipinski definition) is 1. The second-order valence-electron chi connectivity index (χ2n) is 8.42. The minimum absolute atomic E-state index is 0.0869. The molecule has 1 N–H and O–H groups in total. The zero-order chi connectivity index (χ0) is 23.3. The molecular formula is C23H23N3O6S. The highest BCUT2D eigenvalue weighted by atomic mass is 32.2. The number of methoxy groups -OCH3 is 1. The number of amides is 2. The zero-order valence-corrected chi connectivity index (χ0v) is 18.9. The molecule has 0 bridgehead atoms. The van der Waals surface area contributed by atoms with Crippen molar-refractivity contribution in [1.82, 2.24) is 4.31 Å². The van der Waals surface area contributed by atoms with Crippen molar-refractivity contribution in [2.45, 2.75) is 36.6 Å². The van der Waals surface area contributed by atoms with E-state index in [0.29, 0.717) is 18.5 Å². The van der Waals surface area contributed by atoms with E-state index < -0.39 is 27.8 Å². The predicted octanol–water partition coefficient (Wildman–Crippen LogP) is 2.63. The second kappa shape index (κ2) is 7.87. The molecule has 1 aliphatic carbocycles. The first-order valence-electron chi connectivity index (χ1n) is 10.8. The fourth-order valence-electron chi connectivity index (χ4n) is 4.37. The van der Waals surface area contributed by atoms with Gasteiger partial charge in [-0.3, -0.25) is 9.59 Å². The number of nitrogens with one attached hydrogen (secondary N) is 1. The van der Waals surface area contributed by atoms with Gasteiger partial charge in [0, 0.05) is 24.7 Å². The number of benzene rings is 2. The number of hydrogen-bond acceptors (Lipinski definition) is 7. The summed E-state index contributed by atoms with van der Waals surface area (Å²) in [7, 11) is -2.69. The number of nitrogens with zero attached hydrogens (tertiary/aromatic N) is 2. The molecule has 2 aromatic carbocycles. The minimum atomic E-state index is -3.97. The molecule has 33 heavy (non-hydrogen) atoms. The number of esters is 1. The van der Waals surface area contributed by atoms with Crippen LogP contribution in [0.3, 0.4) is 0 Å². The maximum absolute atomic E-state index is 13.1. The summed E-state index contributed by atoms with van der Waals surface area (Å²) in [5.74, 6) is -1.60. The highest BCUT2D eigenvalue weighted by Crippen LogP contribution is 2.40. The van der Waals surface area contributed by atoms with Crippen LogP contribution in [0.25, 0.3) is 0 Å². The molecule has 2 aliphatic heterocycles. The summed E-state index contributed by atoms with van der Waals surface area (Å²) >= 11 is 0. The monoisotopic (exact) mass is 469 g/mol. The summed E-state index contributed by atoms with van der Waals surface area (Å²) in [6, 6.07) is 8.76. The van der Waals surface area contributed by atoms with Gasteiger partial charge in [-0.05, 0) is 62.1 Å². The highest BCUT2D eigenvalue weighted by molar-refractivity contribution is 7.90. The lowest BCUT2D eigenvalue weighted by atomic mass is 10.1. The number of anilines is 2. The molecule has 0 atom stereocenters. The summed E-state index contributed by atoms with van der Waals surface area (Å²) in [5, 5.41) is 2.82. The van der Waals surface area contributed by atoms with Crippen molar-refractivity contribution in [3.63, 3.8) is 0 Å². The Morgan fingerprint density at radius 2 is 1.73 bits per heavy atom. The average Bonchev–Trinajstić information content (AvgIpc) is 3.43. The third-order valence-corrected chi connectivity index (χ3v) is 8.08. The Bertz CT molecular complexity index is 1280. The molecule has 0 aromatic heterocycles. The molecule has 9 nitrogen and oxygen atoms in total. The Balaban J connectivity index is 1.48. The quantitative estimate of drug-likeness (QED) is 0.670. The number of fused-ring (bicyclic) bond motifs is 1. The van der Waals surface area contributed by atoms with Crippen molar-refractivity contribution < 1.29 is 27.5 Å². The Kier molecular flexibility index (Phi) is 5.12. The topological polar surface area (TPSA) is 113 Å². The van der Waals surface area contributed by atoms with Gasteiger partial charge in [-0.15, -0.1) is 0 Å². The first-order chi connectivity index (χ1) is 15.8. The molecule has 3 aliphatic rings. The molecule has 2 heterocycles. The smallest absolute Gasteiger partial charge is 0.337 e. The van der Waals surface area contributed by atoms with Crippen LogP contribution in [0.15, 0.2) is 41.3 Å². The van der Waals surface area contributed by atoms with Gasteiger partial charge in [-0.1, -0.05) is 0 Å². The average molecular weight is 470 g/mol. The van der Waals surface area contributed by atoms with Crippen LogP contribution in [0.1, 0.15) is 56.8 Å². The van der Waals surface area contributed by atoms with Crippen LogP contribution in [0.2, 0.25) is 0 Å². The van der Waals surface area contributed by atoms with E-state index >= 15 is 0 Å². The maximum atomic E-state index is 13.1. The molecule has 2 fully saturated rings. The summed E-state index contributed by atoms with van der Waals surface area (Å²) < 4.78 is 31.5. The lowest BCUT2D eigenvalue weighted by Crippen LogP contribution is -2.31. The molecule has 0 unspecified atom stereocenters. The van der Waals surface area contributed by atoms with Gasteiger partial charge in [-0.2, -0.15) is 0 Å². The summed E-state index contributed by atoms with van der Waals surface area (Å²) in [6.45, 7) is 1.66. The molecule has 2 aromatic rings. The number of rotatable bonds is 5. The van der Waals surface area contributed by atoms with Crippen LogP contribution in [0.4, 0.5) is 11.4 Å². The molecule has 0 spiro atoms. The SMILES string of the molecule is COC(=O)c1ccc(N2CCCC2)c(NC(=O)c2ccc3c(c2)S(=O)(=O)N(C2CC2)C3=O)c1. The lowest BCUT2D eigenvalue weighted by molar-refractivity contribution is 0.0600. The Labute approximate surface area is 191 Å². The van der Waals surface area contributed by atoms with E-state index in [4.69, 9.17) is 4.74 Å². The molecule has 10 heteroatoms. The standard InChI is InChI=1S/C23H23N3O6S/c1-32-23(29)15-5-9-19(25-10-2-3-11-25)18(12-15)24-21(27)14-4-8-17-20(13-14)33(30,31)26(22(17)28)16-6-7-16/h4-5,8-9,12-13,16H,2-3,6-7,10-11H2,1H3,(H,24,27). The molecule has 5 rings (SSSR count). The Morgan fingerprint density at radius 1 is 1.03 bits per heavy atom. The molecule has 1 saturated heterocycles. The minimum Gasteiger partial charge on any atom is -0.465 e. The largest absolute Gasteiger partial charge is 0.465 e. The van der Waals surface area contributed by atoms with Crippen molar-refractivity contribution in [1.29, 1.82) is 0 Å².